The first-order valence-corrected chi connectivity index (χ1v) is 12.3. The highest BCUT2D eigenvalue weighted by atomic mass is 32.1. The number of carboxylic acids is 1. The minimum absolute atomic E-state index is 0.0581. The van der Waals surface area contributed by atoms with Crippen molar-refractivity contribution in [2.45, 2.75) is 33.1 Å². The molecular formula is C28H26N2O3S. The van der Waals surface area contributed by atoms with E-state index in [0.29, 0.717) is 18.4 Å². The van der Waals surface area contributed by atoms with Gasteiger partial charge in [0.1, 0.15) is 0 Å². The second kappa shape index (κ2) is 9.03. The van der Waals surface area contributed by atoms with E-state index in [1.807, 2.05) is 48.5 Å². The fourth-order valence-electron chi connectivity index (χ4n) is 4.91. The zero-order chi connectivity index (χ0) is 23.8. The molecule has 0 saturated heterocycles. The molecule has 2 atom stereocenters. The molecule has 1 aromatic heterocycles. The first kappa shape index (κ1) is 22.3. The molecule has 3 aromatic carbocycles. The molecule has 5 rings (SSSR count). The Bertz CT molecular complexity index is 1370. The van der Waals surface area contributed by atoms with Crippen LogP contribution in [-0.2, 0) is 4.79 Å². The lowest BCUT2D eigenvalue weighted by molar-refractivity contribution is -0.142. The lowest BCUT2D eigenvalue weighted by Crippen LogP contribution is -2.25. The molecule has 2 unspecified atom stereocenters. The second-order valence-corrected chi connectivity index (χ2v) is 10.1. The van der Waals surface area contributed by atoms with E-state index in [1.165, 1.54) is 15.8 Å². The zero-order valence-corrected chi connectivity index (χ0v) is 20.0. The summed E-state index contributed by atoms with van der Waals surface area (Å²) in [4.78, 5) is 29.0. The lowest BCUT2D eigenvalue weighted by Gasteiger charge is -2.14. The molecule has 0 amide bonds. The number of thiazole rings is 1. The van der Waals surface area contributed by atoms with Crippen LogP contribution in [0.25, 0.3) is 21.3 Å². The Morgan fingerprint density at radius 1 is 0.941 bits per heavy atom. The van der Waals surface area contributed by atoms with Gasteiger partial charge in [0.15, 0.2) is 10.9 Å². The van der Waals surface area contributed by atoms with Crippen LogP contribution < -0.4 is 5.32 Å². The van der Waals surface area contributed by atoms with Crippen LogP contribution in [0.2, 0.25) is 0 Å². The average Bonchev–Trinajstić information content (AvgIpc) is 3.47. The quantitative estimate of drug-likeness (QED) is 0.296. The van der Waals surface area contributed by atoms with Crippen molar-refractivity contribution in [3.05, 3.63) is 77.4 Å². The van der Waals surface area contributed by atoms with E-state index in [2.05, 4.69) is 31.3 Å². The summed E-state index contributed by atoms with van der Waals surface area (Å²) in [5.74, 6) is -1.89. The number of ketones is 1. The van der Waals surface area contributed by atoms with Crippen molar-refractivity contribution < 1.29 is 14.7 Å². The smallest absolute Gasteiger partial charge is 0.307 e. The van der Waals surface area contributed by atoms with Crippen molar-refractivity contribution in [1.29, 1.82) is 0 Å². The van der Waals surface area contributed by atoms with Gasteiger partial charge in [0.25, 0.3) is 0 Å². The highest BCUT2D eigenvalue weighted by Gasteiger charge is 2.37. The molecule has 0 bridgehead atoms. The number of anilines is 2. The van der Waals surface area contributed by atoms with Gasteiger partial charge in [0.2, 0.25) is 0 Å². The van der Waals surface area contributed by atoms with E-state index < -0.39 is 17.8 Å². The summed E-state index contributed by atoms with van der Waals surface area (Å²) >= 11 is 1.65. The van der Waals surface area contributed by atoms with Crippen LogP contribution in [0.5, 0.6) is 0 Å². The molecule has 1 aliphatic rings. The number of hydrogen-bond donors (Lipinski definition) is 2. The monoisotopic (exact) mass is 470 g/mol. The Kier molecular flexibility index (Phi) is 5.92. The van der Waals surface area contributed by atoms with Crippen molar-refractivity contribution >= 4 is 44.1 Å². The number of fused-ring (bicyclic) bond motifs is 1. The lowest BCUT2D eigenvalue weighted by atomic mass is 9.88. The molecule has 172 valence electrons. The van der Waals surface area contributed by atoms with E-state index in [0.717, 1.165) is 33.9 Å². The number of aliphatic carboxylic acids is 1. The van der Waals surface area contributed by atoms with E-state index >= 15 is 0 Å². The predicted octanol–water partition coefficient (Wildman–Crippen LogP) is 7.01. The maximum Gasteiger partial charge on any atom is 0.307 e. The van der Waals surface area contributed by atoms with Crippen molar-refractivity contribution in [2.75, 3.05) is 5.32 Å². The number of carboxylic acid groups (broad SMARTS) is 1. The van der Waals surface area contributed by atoms with E-state index in [9.17, 15) is 14.7 Å². The largest absolute Gasteiger partial charge is 0.481 e. The summed E-state index contributed by atoms with van der Waals surface area (Å²) in [5.41, 5.74) is 7.07. The number of hydrogen-bond acceptors (Lipinski definition) is 5. The first-order chi connectivity index (χ1) is 16.4. The number of carbonyl (C=O) groups excluding carboxylic acids is 1. The van der Waals surface area contributed by atoms with E-state index in [1.54, 1.807) is 11.3 Å². The van der Waals surface area contributed by atoms with E-state index in [4.69, 9.17) is 4.98 Å². The molecular weight excluding hydrogens is 444 g/mol. The third-order valence-corrected chi connectivity index (χ3v) is 7.75. The van der Waals surface area contributed by atoms with Gasteiger partial charge in [-0.3, -0.25) is 9.59 Å². The molecule has 1 heterocycles. The number of aryl methyl sites for hydroxylation is 2. The van der Waals surface area contributed by atoms with Gasteiger partial charge in [0, 0.05) is 17.2 Å². The Hall–Kier alpha value is -3.51. The minimum Gasteiger partial charge on any atom is -0.481 e. The SMILES string of the molecule is Cc1cc(C)c2sc(Nc3ccc(-c4ccc(C(=O)C5CCCC5C(=O)O)cc4)cc3)nc2c1. The highest BCUT2D eigenvalue weighted by molar-refractivity contribution is 7.22. The third-order valence-electron chi connectivity index (χ3n) is 6.63. The maximum absolute atomic E-state index is 12.9. The number of rotatable bonds is 6. The summed E-state index contributed by atoms with van der Waals surface area (Å²) < 4.78 is 1.20. The maximum atomic E-state index is 12.9. The number of Topliss-reactive ketones (excluding diaryl/α,β-unsaturated/α-hetero) is 1. The molecule has 1 saturated carbocycles. The summed E-state index contributed by atoms with van der Waals surface area (Å²) in [6.07, 6.45) is 2.03. The summed E-state index contributed by atoms with van der Waals surface area (Å²) in [6, 6.07) is 19.9. The highest BCUT2D eigenvalue weighted by Crippen LogP contribution is 2.35. The van der Waals surface area contributed by atoms with Gasteiger partial charge < -0.3 is 10.4 Å². The van der Waals surface area contributed by atoms with Crippen LogP contribution >= 0.6 is 11.3 Å². The van der Waals surface area contributed by atoms with Crippen LogP contribution in [0.3, 0.4) is 0 Å². The fraction of sp³-hybridized carbons (Fsp3) is 0.250. The Morgan fingerprint density at radius 2 is 1.59 bits per heavy atom. The summed E-state index contributed by atoms with van der Waals surface area (Å²) in [6.45, 7) is 4.20. The topological polar surface area (TPSA) is 79.3 Å². The molecule has 1 aliphatic carbocycles. The van der Waals surface area contributed by atoms with Crippen molar-refractivity contribution in [1.82, 2.24) is 4.98 Å². The van der Waals surface area contributed by atoms with Crippen LogP contribution in [-0.4, -0.2) is 21.8 Å². The number of aromatic nitrogens is 1. The van der Waals surface area contributed by atoms with Gasteiger partial charge in [-0.2, -0.15) is 0 Å². The predicted molar refractivity (Wildman–Crippen MR) is 137 cm³/mol. The molecule has 0 aliphatic heterocycles. The molecule has 0 spiro atoms. The van der Waals surface area contributed by atoms with Crippen molar-refractivity contribution in [2.24, 2.45) is 11.8 Å². The normalized spacial score (nSPS) is 17.7. The van der Waals surface area contributed by atoms with Crippen LogP contribution in [0.15, 0.2) is 60.7 Å². The second-order valence-electron chi connectivity index (χ2n) is 9.08. The van der Waals surface area contributed by atoms with Crippen molar-refractivity contribution in [3.8, 4) is 11.1 Å². The molecule has 5 nitrogen and oxygen atoms in total. The van der Waals surface area contributed by atoms with Gasteiger partial charge in [-0.05, 0) is 67.1 Å². The first-order valence-electron chi connectivity index (χ1n) is 11.5. The number of nitrogens with one attached hydrogen (secondary N) is 1. The van der Waals surface area contributed by atoms with Gasteiger partial charge in [-0.25, -0.2) is 4.98 Å². The molecule has 2 N–H and O–H groups in total. The molecule has 34 heavy (non-hydrogen) atoms. The minimum atomic E-state index is -0.864. The van der Waals surface area contributed by atoms with Gasteiger partial charge >= 0.3 is 5.97 Å². The van der Waals surface area contributed by atoms with Gasteiger partial charge in [-0.15, -0.1) is 0 Å². The summed E-state index contributed by atoms with van der Waals surface area (Å²) in [5, 5.41) is 13.7. The summed E-state index contributed by atoms with van der Waals surface area (Å²) in [7, 11) is 0. The number of nitrogens with zero attached hydrogens (tertiary/aromatic N) is 1. The van der Waals surface area contributed by atoms with Crippen LogP contribution in [0.4, 0.5) is 10.8 Å². The Balaban J connectivity index is 1.29. The molecule has 1 fully saturated rings. The number of benzene rings is 3. The van der Waals surface area contributed by atoms with Crippen LogP contribution in [0, 0.1) is 25.7 Å². The fourth-order valence-corrected chi connectivity index (χ4v) is 5.85. The van der Waals surface area contributed by atoms with E-state index in [-0.39, 0.29) is 5.78 Å². The molecule has 6 heteroatoms. The molecule has 0 radical (unpaired) electrons. The molecule has 4 aromatic rings. The Labute approximate surface area is 202 Å². The third kappa shape index (κ3) is 4.33. The zero-order valence-electron chi connectivity index (χ0n) is 19.2. The Morgan fingerprint density at radius 3 is 2.26 bits per heavy atom. The van der Waals surface area contributed by atoms with Crippen LogP contribution in [0.1, 0.15) is 40.7 Å². The number of carbonyl (C=O) groups is 2. The van der Waals surface area contributed by atoms with Crippen molar-refractivity contribution in [3.63, 3.8) is 0 Å². The standard InChI is InChI=1S/C28H26N2O3S/c1-16-14-17(2)26-24(15-16)30-28(34-26)29-21-12-10-19(11-13-21)18-6-8-20(9-7-18)25(31)22-4-3-5-23(22)27(32)33/h6-15,22-23H,3-5H2,1-2H3,(H,29,30)(H,32,33). The van der Waals surface area contributed by atoms with Gasteiger partial charge in [-0.1, -0.05) is 60.2 Å². The average molecular weight is 471 g/mol. The van der Waals surface area contributed by atoms with Gasteiger partial charge in [0.05, 0.1) is 16.1 Å².